The van der Waals surface area contributed by atoms with Gasteiger partial charge in [-0.25, -0.2) is 0 Å². The molecule has 0 spiro atoms. The first kappa shape index (κ1) is 23.0. The Morgan fingerprint density at radius 3 is 2.08 bits per heavy atom. The number of hydrogen-bond donors (Lipinski definition) is 1. The molecule has 0 radical (unpaired) electrons. The molecule has 5 nitrogen and oxygen atoms in total. The number of carbonyl (C=O) groups is 2. The number of hydrogen-bond acceptors (Lipinski definition) is 3. The predicted molar refractivity (Wildman–Crippen MR) is 108 cm³/mol. The quantitative estimate of drug-likeness (QED) is 0.790. The van der Waals surface area contributed by atoms with Crippen molar-refractivity contribution < 1.29 is 9.59 Å². The molecule has 146 valence electrons. The van der Waals surface area contributed by atoms with E-state index in [9.17, 15) is 9.59 Å². The highest BCUT2D eigenvalue weighted by Gasteiger charge is 2.38. The van der Waals surface area contributed by atoms with Gasteiger partial charge in [0.05, 0.1) is 16.0 Å². The van der Waals surface area contributed by atoms with Crippen LogP contribution in [0.15, 0.2) is 18.2 Å². The first-order valence-corrected chi connectivity index (χ1v) is 9.38. The van der Waals surface area contributed by atoms with Gasteiger partial charge in [-0.2, -0.15) is 0 Å². The van der Waals surface area contributed by atoms with Crippen LogP contribution in [-0.4, -0.2) is 54.3 Å². The summed E-state index contributed by atoms with van der Waals surface area (Å²) in [5.74, 6) is -0.0403. The maximum atomic E-state index is 12.9. The minimum Gasteiger partial charge on any atom is -0.339 e. The molecule has 1 heterocycles. The minimum absolute atomic E-state index is 0. The molecule has 1 aliphatic rings. The summed E-state index contributed by atoms with van der Waals surface area (Å²) in [4.78, 5) is 29.1. The fraction of sp³-hybridized carbons (Fsp3) is 0.556. The molecule has 1 aromatic carbocycles. The first-order valence-electron chi connectivity index (χ1n) is 8.62. The van der Waals surface area contributed by atoms with Gasteiger partial charge in [-0.05, 0) is 31.0 Å². The number of piperazine rings is 1. The zero-order valence-corrected chi connectivity index (χ0v) is 17.5. The fourth-order valence-corrected chi connectivity index (χ4v) is 3.70. The van der Waals surface area contributed by atoms with Gasteiger partial charge in [0.2, 0.25) is 5.91 Å². The van der Waals surface area contributed by atoms with E-state index in [4.69, 9.17) is 28.9 Å². The molecule has 0 saturated carbocycles. The first-order chi connectivity index (χ1) is 11.9. The van der Waals surface area contributed by atoms with E-state index in [1.54, 1.807) is 23.1 Å². The smallest absolute Gasteiger partial charge is 0.255 e. The number of nitrogens with zero attached hydrogens (tertiary/aromatic N) is 2. The Balaban J connectivity index is 0.00000338. The molecular weight excluding hydrogens is 397 g/mol. The third-order valence-corrected chi connectivity index (χ3v) is 5.76. The van der Waals surface area contributed by atoms with Crippen molar-refractivity contribution >= 4 is 47.4 Å². The van der Waals surface area contributed by atoms with Crippen molar-refractivity contribution in [2.24, 2.45) is 11.1 Å². The number of carbonyl (C=O) groups excluding carboxylic acids is 2. The van der Waals surface area contributed by atoms with Gasteiger partial charge in [0.1, 0.15) is 0 Å². The lowest BCUT2D eigenvalue weighted by atomic mass is 9.81. The highest BCUT2D eigenvalue weighted by atomic mass is 35.5. The van der Waals surface area contributed by atoms with Crippen LogP contribution in [-0.2, 0) is 4.79 Å². The van der Waals surface area contributed by atoms with Gasteiger partial charge in [-0.3, -0.25) is 9.59 Å². The van der Waals surface area contributed by atoms with Crippen molar-refractivity contribution in [1.29, 1.82) is 0 Å². The van der Waals surface area contributed by atoms with E-state index in [0.29, 0.717) is 48.3 Å². The number of benzene rings is 1. The molecule has 0 atom stereocenters. The fourth-order valence-electron chi connectivity index (χ4n) is 3.21. The zero-order valence-electron chi connectivity index (χ0n) is 15.1. The summed E-state index contributed by atoms with van der Waals surface area (Å²) >= 11 is 12.0. The van der Waals surface area contributed by atoms with E-state index in [1.807, 2.05) is 18.7 Å². The van der Waals surface area contributed by atoms with Crippen LogP contribution in [0, 0.1) is 5.41 Å². The van der Waals surface area contributed by atoms with Crippen LogP contribution in [0.4, 0.5) is 0 Å². The maximum absolute atomic E-state index is 12.9. The van der Waals surface area contributed by atoms with Crippen molar-refractivity contribution in [3.8, 4) is 0 Å². The minimum atomic E-state index is -0.494. The third kappa shape index (κ3) is 4.63. The van der Waals surface area contributed by atoms with Crippen LogP contribution >= 0.6 is 35.6 Å². The molecule has 0 unspecified atom stereocenters. The average Bonchev–Trinajstić information content (AvgIpc) is 2.63. The Morgan fingerprint density at radius 2 is 1.62 bits per heavy atom. The molecule has 26 heavy (non-hydrogen) atoms. The maximum Gasteiger partial charge on any atom is 0.255 e. The SMILES string of the molecule is CCC(CC)(CN)C(=O)N1CCN(C(=O)c2ccc(Cl)cc2Cl)CC1.Cl. The molecule has 8 heteroatoms. The Labute approximate surface area is 171 Å². The van der Waals surface area contributed by atoms with E-state index >= 15 is 0 Å². The van der Waals surface area contributed by atoms with Gasteiger partial charge in [0, 0.05) is 37.7 Å². The van der Waals surface area contributed by atoms with Gasteiger partial charge in [0.15, 0.2) is 0 Å². The van der Waals surface area contributed by atoms with Gasteiger partial charge >= 0.3 is 0 Å². The van der Waals surface area contributed by atoms with Gasteiger partial charge in [-0.1, -0.05) is 37.0 Å². The summed E-state index contributed by atoms with van der Waals surface area (Å²) in [5.41, 5.74) is 5.82. The van der Waals surface area contributed by atoms with Gasteiger partial charge in [0.25, 0.3) is 5.91 Å². The second-order valence-electron chi connectivity index (χ2n) is 6.40. The second kappa shape index (κ2) is 9.79. The summed E-state index contributed by atoms with van der Waals surface area (Å²) in [7, 11) is 0. The predicted octanol–water partition coefficient (Wildman–Crippen LogP) is 3.46. The zero-order chi connectivity index (χ0) is 18.6. The van der Waals surface area contributed by atoms with Crippen LogP contribution in [0.3, 0.4) is 0 Å². The Morgan fingerprint density at radius 1 is 1.08 bits per heavy atom. The van der Waals surface area contributed by atoms with Crippen LogP contribution in [0.1, 0.15) is 37.0 Å². The molecular formula is C18H26Cl3N3O2. The molecule has 2 rings (SSSR count). The number of nitrogens with two attached hydrogens (primary N) is 1. The van der Waals surface area contributed by atoms with Crippen molar-refractivity contribution in [1.82, 2.24) is 9.80 Å². The standard InChI is InChI=1S/C18H25Cl2N3O2.ClH/c1-3-18(4-2,12-21)17(25)23-9-7-22(8-10-23)16(24)14-6-5-13(19)11-15(14)20;/h5-6,11H,3-4,7-10,12,21H2,1-2H3;1H. The molecule has 0 aromatic heterocycles. The summed E-state index contributed by atoms with van der Waals surface area (Å²) in [6.07, 6.45) is 1.44. The average molecular weight is 423 g/mol. The molecule has 2 amide bonds. The number of halogens is 3. The molecule has 1 fully saturated rings. The Hall–Kier alpha value is -1.01. The summed E-state index contributed by atoms with van der Waals surface area (Å²) in [5, 5.41) is 0.837. The lowest BCUT2D eigenvalue weighted by Crippen LogP contribution is -2.55. The van der Waals surface area contributed by atoms with Crippen LogP contribution in [0.25, 0.3) is 0 Å². The van der Waals surface area contributed by atoms with Crippen molar-refractivity contribution in [2.45, 2.75) is 26.7 Å². The van der Waals surface area contributed by atoms with Crippen molar-refractivity contribution in [2.75, 3.05) is 32.7 Å². The highest BCUT2D eigenvalue weighted by molar-refractivity contribution is 6.36. The van der Waals surface area contributed by atoms with Crippen LogP contribution < -0.4 is 5.73 Å². The monoisotopic (exact) mass is 421 g/mol. The molecule has 1 saturated heterocycles. The molecule has 1 aromatic rings. The van der Waals surface area contributed by atoms with Crippen molar-refractivity contribution in [3.63, 3.8) is 0 Å². The molecule has 0 bridgehead atoms. The van der Waals surface area contributed by atoms with E-state index in [2.05, 4.69) is 0 Å². The highest BCUT2D eigenvalue weighted by Crippen LogP contribution is 2.29. The van der Waals surface area contributed by atoms with Gasteiger partial charge in [-0.15, -0.1) is 12.4 Å². The summed E-state index contributed by atoms with van der Waals surface area (Å²) in [6, 6.07) is 4.85. The largest absolute Gasteiger partial charge is 0.339 e. The molecule has 2 N–H and O–H groups in total. The lowest BCUT2D eigenvalue weighted by Gasteiger charge is -2.40. The van der Waals surface area contributed by atoms with E-state index in [0.717, 1.165) is 12.8 Å². The lowest BCUT2D eigenvalue weighted by molar-refractivity contribution is -0.143. The topological polar surface area (TPSA) is 66.6 Å². The Bertz CT molecular complexity index is 634. The van der Waals surface area contributed by atoms with E-state index in [-0.39, 0.29) is 24.2 Å². The summed E-state index contributed by atoms with van der Waals surface area (Å²) in [6.45, 7) is 6.33. The summed E-state index contributed by atoms with van der Waals surface area (Å²) < 4.78 is 0. The Kier molecular flexibility index (Phi) is 8.67. The van der Waals surface area contributed by atoms with Crippen LogP contribution in [0.5, 0.6) is 0 Å². The van der Waals surface area contributed by atoms with Gasteiger partial charge < -0.3 is 15.5 Å². The van der Waals surface area contributed by atoms with E-state index in [1.165, 1.54) is 0 Å². The third-order valence-electron chi connectivity index (χ3n) is 5.21. The van der Waals surface area contributed by atoms with Crippen LogP contribution in [0.2, 0.25) is 10.0 Å². The second-order valence-corrected chi connectivity index (χ2v) is 7.24. The number of rotatable bonds is 5. The molecule has 1 aliphatic heterocycles. The molecule has 0 aliphatic carbocycles. The number of amides is 2. The normalized spacial score (nSPS) is 14.8. The van der Waals surface area contributed by atoms with Crippen molar-refractivity contribution in [3.05, 3.63) is 33.8 Å². The van der Waals surface area contributed by atoms with E-state index < -0.39 is 5.41 Å².